The van der Waals surface area contributed by atoms with Gasteiger partial charge in [0.25, 0.3) is 0 Å². The Kier molecular flexibility index (Phi) is 5.60. The van der Waals surface area contributed by atoms with Gasteiger partial charge in [0.05, 0.1) is 12.5 Å². The SMILES string of the molecule is CCNc1ccc(CN(CCC#N)c2ccccc2)cn1. The summed E-state index contributed by atoms with van der Waals surface area (Å²) < 4.78 is 0. The second-order valence-corrected chi connectivity index (χ2v) is 4.75. The van der Waals surface area contributed by atoms with Crippen molar-refractivity contribution < 1.29 is 0 Å². The second-order valence-electron chi connectivity index (χ2n) is 4.75. The summed E-state index contributed by atoms with van der Waals surface area (Å²) in [6, 6.07) is 16.4. The molecule has 0 atom stereocenters. The average Bonchev–Trinajstić information content (AvgIpc) is 2.54. The molecule has 2 rings (SSSR count). The minimum atomic E-state index is 0.512. The van der Waals surface area contributed by atoms with Gasteiger partial charge in [0.2, 0.25) is 0 Å². The molecule has 0 radical (unpaired) electrons. The quantitative estimate of drug-likeness (QED) is 0.844. The maximum absolute atomic E-state index is 8.83. The number of hydrogen-bond acceptors (Lipinski definition) is 4. The topological polar surface area (TPSA) is 52.0 Å². The molecule has 0 aliphatic carbocycles. The Labute approximate surface area is 126 Å². The van der Waals surface area contributed by atoms with Crippen LogP contribution >= 0.6 is 0 Å². The number of nitrogens with one attached hydrogen (secondary N) is 1. The van der Waals surface area contributed by atoms with Crippen molar-refractivity contribution in [2.45, 2.75) is 19.9 Å². The van der Waals surface area contributed by atoms with E-state index in [2.05, 4.69) is 46.4 Å². The standard InChI is InChI=1S/C17H20N4/c1-2-19-17-10-9-15(13-20-17)14-21(12-6-11-18)16-7-4-3-5-8-16/h3-5,7-10,13H,2,6,12,14H2,1H3,(H,19,20). The maximum Gasteiger partial charge on any atom is 0.125 e. The molecule has 0 unspecified atom stereocenters. The average molecular weight is 280 g/mol. The van der Waals surface area contributed by atoms with E-state index in [-0.39, 0.29) is 0 Å². The lowest BCUT2D eigenvalue weighted by Crippen LogP contribution is -2.23. The van der Waals surface area contributed by atoms with Crippen LogP contribution in [0.4, 0.5) is 11.5 Å². The summed E-state index contributed by atoms with van der Waals surface area (Å²) in [4.78, 5) is 6.59. The number of rotatable bonds is 7. The molecule has 1 N–H and O–H groups in total. The summed E-state index contributed by atoms with van der Waals surface area (Å²) in [6.45, 7) is 4.39. The minimum Gasteiger partial charge on any atom is -0.370 e. The van der Waals surface area contributed by atoms with E-state index in [1.807, 2.05) is 30.5 Å². The Morgan fingerprint density at radius 2 is 2.00 bits per heavy atom. The highest BCUT2D eigenvalue weighted by Gasteiger charge is 2.07. The van der Waals surface area contributed by atoms with Crippen LogP contribution in [0.1, 0.15) is 18.9 Å². The van der Waals surface area contributed by atoms with Gasteiger partial charge in [0.15, 0.2) is 0 Å². The van der Waals surface area contributed by atoms with Gasteiger partial charge in [-0.2, -0.15) is 5.26 Å². The molecule has 0 aliphatic rings. The highest BCUT2D eigenvalue weighted by Crippen LogP contribution is 2.17. The Balaban J connectivity index is 2.09. The van der Waals surface area contributed by atoms with E-state index in [0.717, 1.165) is 36.7 Å². The summed E-state index contributed by atoms with van der Waals surface area (Å²) in [7, 11) is 0. The molecule has 0 aliphatic heterocycles. The molecule has 1 aromatic heterocycles. The molecule has 0 amide bonds. The van der Waals surface area contributed by atoms with Gasteiger partial charge in [-0.15, -0.1) is 0 Å². The number of nitrogens with zero attached hydrogens (tertiary/aromatic N) is 3. The highest BCUT2D eigenvalue weighted by molar-refractivity contribution is 5.47. The Hall–Kier alpha value is -2.54. The van der Waals surface area contributed by atoms with Crippen molar-refractivity contribution >= 4 is 11.5 Å². The van der Waals surface area contributed by atoms with Crippen molar-refractivity contribution in [2.75, 3.05) is 23.3 Å². The van der Waals surface area contributed by atoms with Gasteiger partial charge in [-0.25, -0.2) is 4.98 Å². The molecule has 1 aromatic carbocycles. The van der Waals surface area contributed by atoms with E-state index in [1.165, 1.54) is 0 Å². The first-order valence-corrected chi connectivity index (χ1v) is 7.19. The number of anilines is 2. The molecule has 4 heteroatoms. The Morgan fingerprint density at radius 1 is 1.19 bits per heavy atom. The molecule has 0 saturated heterocycles. The van der Waals surface area contributed by atoms with Crippen LogP contribution in [0, 0.1) is 11.3 Å². The van der Waals surface area contributed by atoms with E-state index >= 15 is 0 Å². The van der Waals surface area contributed by atoms with Crippen LogP contribution in [-0.4, -0.2) is 18.1 Å². The van der Waals surface area contributed by atoms with Gasteiger partial charge < -0.3 is 10.2 Å². The number of benzene rings is 1. The number of hydrogen-bond donors (Lipinski definition) is 1. The molecule has 4 nitrogen and oxygen atoms in total. The fourth-order valence-electron chi connectivity index (χ4n) is 2.15. The molecule has 108 valence electrons. The van der Waals surface area contributed by atoms with Gasteiger partial charge in [-0.05, 0) is 30.7 Å². The normalized spacial score (nSPS) is 9.90. The summed E-state index contributed by atoms with van der Waals surface area (Å²) in [5, 5.41) is 12.0. The predicted molar refractivity (Wildman–Crippen MR) is 86.1 cm³/mol. The number of pyridine rings is 1. The molecule has 2 aromatic rings. The van der Waals surface area contributed by atoms with Gasteiger partial charge in [-0.1, -0.05) is 24.3 Å². The molecule has 1 heterocycles. The van der Waals surface area contributed by atoms with Crippen molar-refractivity contribution in [3.05, 3.63) is 54.2 Å². The van der Waals surface area contributed by atoms with Crippen LogP contribution in [0.15, 0.2) is 48.7 Å². The highest BCUT2D eigenvalue weighted by atomic mass is 15.1. The first-order valence-electron chi connectivity index (χ1n) is 7.19. The van der Waals surface area contributed by atoms with E-state index in [4.69, 9.17) is 5.26 Å². The minimum absolute atomic E-state index is 0.512. The lowest BCUT2D eigenvalue weighted by molar-refractivity contribution is 0.795. The zero-order valence-corrected chi connectivity index (χ0v) is 12.3. The summed E-state index contributed by atoms with van der Waals surface area (Å²) in [6.07, 6.45) is 2.40. The van der Waals surface area contributed by atoms with Gasteiger partial charge in [0, 0.05) is 31.5 Å². The number of nitriles is 1. The van der Waals surface area contributed by atoms with E-state index < -0.39 is 0 Å². The van der Waals surface area contributed by atoms with Crippen LogP contribution in [-0.2, 0) is 6.54 Å². The van der Waals surface area contributed by atoms with Crippen molar-refractivity contribution in [1.82, 2.24) is 4.98 Å². The van der Waals surface area contributed by atoms with E-state index in [9.17, 15) is 0 Å². The monoisotopic (exact) mass is 280 g/mol. The third kappa shape index (κ3) is 4.50. The molecule has 0 fully saturated rings. The summed E-state index contributed by atoms with van der Waals surface area (Å²) in [5.41, 5.74) is 2.27. The molecule has 21 heavy (non-hydrogen) atoms. The second kappa shape index (κ2) is 7.91. The largest absolute Gasteiger partial charge is 0.370 e. The number of aromatic nitrogens is 1. The first kappa shape index (κ1) is 14.9. The van der Waals surface area contributed by atoms with Crippen molar-refractivity contribution in [3.63, 3.8) is 0 Å². The Morgan fingerprint density at radius 3 is 2.62 bits per heavy atom. The fraction of sp³-hybridized carbons (Fsp3) is 0.294. The lowest BCUT2D eigenvalue weighted by Gasteiger charge is -2.23. The third-order valence-corrected chi connectivity index (χ3v) is 3.17. The molecule has 0 spiro atoms. The van der Waals surface area contributed by atoms with Gasteiger partial charge in [0.1, 0.15) is 5.82 Å². The van der Waals surface area contributed by atoms with Crippen LogP contribution in [0.25, 0.3) is 0 Å². The zero-order chi connectivity index (χ0) is 14.9. The van der Waals surface area contributed by atoms with Crippen LogP contribution < -0.4 is 10.2 Å². The van der Waals surface area contributed by atoms with Gasteiger partial charge >= 0.3 is 0 Å². The van der Waals surface area contributed by atoms with Crippen LogP contribution in [0.2, 0.25) is 0 Å². The smallest absolute Gasteiger partial charge is 0.125 e. The van der Waals surface area contributed by atoms with E-state index in [0.29, 0.717) is 6.42 Å². The van der Waals surface area contributed by atoms with Crippen LogP contribution in [0.5, 0.6) is 0 Å². The van der Waals surface area contributed by atoms with Crippen molar-refractivity contribution in [2.24, 2.45) is 0 Å². The van der Waals surface area contributed by atoms with Gasteiger partial charge in [-0.3, -0.25) is 0 Å². The summed E-state index contributed by atoms with van der Waals surface area (Å²) >= 11 is 0. The van der Waals surface area contributed by atoms with Crippen molar-refractivity contribution in [3.8, 4) is 6.07 Å². The number of para-hydroxylation sites is 1. The molecule has 0 bridgehead atoms. The predicted octanol–water partition coefficient (Wildman–Crippen LogP) is 3.43. The first-order chi connectivity index (χ1) is 10.3. The molecular weight excluding hydrogens is 260 g/mol. The molecule has 0 saturated carbocycles. The third-order valence-electron chi connectivity index (χ3n) is 3.17. The molecular formula is C17H20N4. The maximum atomic E-state index is 8.83. The lowest BCUT2D eigenvalue weighted by atomic mass is 10.2. The fourth-order valence-corrected chi connectivity index (χ4v) is 2.15. The Bertz CT molecular complexity index is 572. The zero-order valence-electron chi connectivity index (χ0n) is 12.3. The van der Waals surface area contributed by atoms with Crippen LogP contribution in [0.3, 0.4) is 0 Å². The summed E-state index contributed by atoms with van der Waals surface area (Å²) in [5.74, 6) is 0.893. The van der Waals surface area contributed by atoms with E-state index in [1.54, 1.807) is 0 Å². The van der Waals surface area contributed by atoms with Crippen molar-refractivity contribution in [1.29, 1.82) is 5.26 Å².